The summed E-state index contributed by atoms with van der Waals surface area (Å²) in [4.78, 5) is 0. The van der Waals surface area contributed by atoms with Crippen LogP contribution in [0.5, 0.6) is 0 Å². The second-order valence-electron chi connectivity index (χ2n) is 4.15. The first-order chi connectivity index (χ1) is 7.25. The second-order valence-corrected chi connectivity index (χ2v) is 4.15. The standard InChI is InChI=1S/C11H18N2O2/c1-13-6-5-10(12-13)11(14)8-9-4-2-3-7-15-9/h5-6,9,11,14H,2-4,7-8H2,1H3. The molecule has 0 spiro atoms. The fourth-order valence-corrected chi connectivity index (χ4v) is 1.97. The van der Waals surface area contributed by atoms with E-state index in [4.69, 9.17) is 4.74 Å². The highest BCUT2D eigenvalue weighted by Gasteiger charge is 2.20. The van der Waals surface area contributed by atoms with Crippen LogP contribution in [0.25, 0.3) is 0 Å². The van der Waals surface area contributed by atoms with E-state index in [9.17, 15) is 5.11 Å². The number of aliphatic hydroxyl groups excluding tert-OH is 1. The summed E-state index contributed by atoms with van der Waals surface area (Å²) in [5, 5.41) is 14.1. The number of aryl methyl sites for hydroxylation is 1. The SMILES string of the molecule is Cn1ccc(C(O)CC2CCCCO2)n1. The third-order valence-electron chi connectivity index (χ3n) is 2.84. The van der Waals surface area contributed by atoms with Crippen LogP contribution < -0.4 is 0 Å². The smallest absolute Gasteiger partial charge is 0.100 e. The van der Waals surface area contributed by atoms with Gasteiger partial charge in [-0.15, -0.1) is 0 Å². The van der Waals surface area contributed by atoms with Crippen molar-refractivity contribution in [3.8, 4) is 0 Å². The lowest BCUT2D eigenvalue weighted by molar-refractivity contribution is -0.0163. The first kappa shape index (κ1) is 10.6. The highest BCUT2D eigenvalue weighted by molar-refractivity contribution is 5.03. The molecule has 15 heavy (non-hydrogen) atoms. The number of aromatic nitrogens is 2. The van der Waals surface area contributed by atoms with E-state index in [2.05, 4.69) is 5.10 Å². The fraction of sp³-hybridized carbons (Fsp3) is 0.727. The quantitative estimate of drug-likeness (QED) is 0.820. The molecule has 2 heterocycles. The van der Waals surface area contributed by atoms with Crippen LogP contribution in [0.1, 0.15) is 37.5 Å². The van der Waals surface area contributed by atoms with E-state index in [1.54, 1.807) is 4.68 Å². The third kappa shape index (κ3) is 2.79. The van der Waals surface area contributed by atoms with Gasteiger partial charge in [-0.05, 0) is 25.3 Å². The molecule has 84 valence electrons. The van der Waals surface area contributed by atoms with Crippen molar-refractivity contribution in [2.75, 3.05) is 6.61 Å². The van der Waals surface area contributed by atoms with Gasteiger partial charge >= 0.3 is 0 Å². The van der Waals surface area contributed by atoms with Crippen LogP contribution in [0, 0.1) is 0 Å². The minimum Gasteiger partial charge on any atom is -0.387 e. The maximum absolute atomic E-state index is 9.93. The van der Waals surface area contributed by atoms with Crippen molar-refractivity contribution in [1.29, 1.82) is 0 Å². The van der Waals surface area contributed by atoms with Crippen molar-refractivity contribution in [2.45, 2.75) is 37.9 Å². The molecule has 2 rings (SSSR count). The Labute approximate surface area is 89.9 Å². The summed E-state index contributed by atoms with van der Waals surface area (Å²) in [6.07, 6.45) is 5.64. The van der Waals surface area contributed by atoms with Crippen LogP contribution in [0.2, 0.25) is 0 Å². The highest BCUT2D eigenvalue weighted by atomic mass is 16.5. The number of hydrogen-bond donors (Lipinski definition) is 1. The monoisotopic (exact) mass is 210 g/mol. The predicted octanol–water partition coefficient (Wildman–Crippen LogP) is 1.41. The third-order valence-corrected chi connectivity index (χ3v) is 2.84. The molecule has 1 N–H and O–H groups in total. The molecule has 0 aromatic carbocycles. The summed E-state index contributed by atoms with van der Waals surface area (Å²) in [6.45, 7) is 0.833. The van der Waals surface area contributed by atoms with E-state index >= 15 is 0 Å². The number of nitrogens with zero attached hydrogens (tertiary/aromatic N) is 2. The maximum atomic E-state index is 9.93. The fourth-order valence-electron chi connectivity index (χ4n) is 1.97. The van der Waals surface area contributed by atoms with Crippen LogP contribution in [0.15, 0.2) is 12.3 Å². The van der Waals surface area contributed by atoms with Gasteiger partial charge in [0.25, 0.3) is 0 Å². The predicted molar refractivity (Wildman–Crippen MR) is 56.4 cm³/mol. The van der Waals surface area contributed by atoms with Crippen molar-refractivity contribution in [3.05, 3.63) is 18.0 Å². The highest BCUT2D eigenvalue weighted by Crippen LogP contribution is 2.23. The van der Waals surface area contributed by atoms with Gasteiger partial charge in [0.15, 0.2) is 0 Å². The van der Waals surface area contributed by atoms with Crippen molar-refractivity contribution >= 4 is 0 Å². The van der Waals surface area contributed by atoms with Gasteiger partial charge in [-0.3, -0.25) is 4.68 Å². The molecule has 1 aromatic rings. The minimum atomic E-state index is -0.491. The molecule has 1 fully saturated rings. The van der Waals surface area contributed by atoms with Crippen LogP contribution in [0.3, 0.4) is 0 Å². The van der Waals surface area contributed by atoms with Crippen LogP contribution >= 0.6 is 0 Å². The summed E-state index contributed by atoms with van der Waals surface area (Å²) in [5.74, 6) is 0. The maximum Gasteiger partial charge on any atom is 0.100 e. The molecule has 1 aliphatic heterocycles. The molecule has 1 aliphatic rings. The molecule has 4 heteroatoms. The Hall–Kier alpha value is -0.870. The van der Waals surface area contributed by atoms with E-state index in [1.807, 2.05) is 19.3 Å². The van der Waals surface area contributed by atoms with Gasteiger partial charge in [-0.25, -0.2) is 0 Å². The average molecular weight is 210 g/mol. The Morgan fingerprint density at radius 3 is 3.13 bits per heavy atom. The Bertz CT molecular complexity index is 305. The summed E-state index contributed by atoms with van der Waals surface area (Å²) >= 11 is 0. The van der Waals surface area contributed by atoms with E-state index in [0.717, 1.165) is 25.1 Å². The summed E-state index contributed by atoms with van der Waals surface area (Å²) in [6, 6.07) is 1.85. The van der Waals surface area contributed by atoms with E-state index < -0.39 is 6.10 Å². The zero-order valence-corrected chi connectivity index (χ0v) is 9.09. The van der Waals surface area contributed by atoms with Crippen LogP contribution in [-0.4, -0.2) is 27.6 Å². The van der Waals surface area contributed by atoms with Crippen molar-refractivity contribution in [2.24, 2.45) is 7.05 Å². The number of rotatable bonds is 3. The van der Waals surface area contributed by atoms with Gasteiger partial charge in [0.2, 0.25) is 0 Å². The number of ether oxygens (including phenoxy) is 1. The largest absolute Gasteiger partial charge is 0.387 e. The summed E-state index contributed by atoms with van der Waals surface area (Å²) in [7, 11) is 1.85. The zero-order chi connectivity index (χ0) is 10.7. The minimum absolute atomic E-state index is 0.204. The molecule has 2 atom stereocenters. The molecule has 4 nitrogen and oxygen atoms in total. The van der Waals surface area contributed by atoms with Gasteiger partial charge < -0.3 is 9.84 Å². The molecule has 0 amide bonds. The van der Waals surface area contributed by atoms with Gasteiger partial charge in [0, 0.05) is 26.3 Å². The first-order valence-corrected chi connectivity index (χ1v) is 5.55. The van der Waals surface area contributed by atoms with Crippen molar-refractivity contribution in [3.63, 3.8) is 0 Å². The Morgan fingerprint density at radius 2 is 2.53 bits per heavy atom. The lowest BCUT2D eigenvalue weighted by atomic mass is 10.0. The normalized spacial score (nSPS) is 24.0. The van der Waals surface area contributed by atoms with Crippen LogP contribution in [-0.2, 0) is 11.8 Å². The molecule has 2 unspecified atom stereocenters. The van der Waals surface area contributed by atoms with Crippen LogP contribution in [0.4, 0.5) is 0 Å². The van der Waals surface area contributed by atoms with E-state index in [-0.39, 0.29) is 6.10 Å². The Balaban J connectivity index is 1.88. The van der Waals surface area contributed by atoms with Gasteiger partial charge in [-0.1, -0.05) is 0 Å². The zero-order valence-electron chi connectivity index (χ0n) is 9.09. The van der Waals surface area contributed by atoms with Gasteiger partial charge in [-0.2, -0.15) is 5.10 Å². The lowest BCUT2D eigenvalue weighted by Crippen LogP contribution is -2.21. The van der Waals surface area contributed by atoms with E-state index in [1.165, 1.54) is 6.42 Å². The molecule has 1 saturated heterocycles. The molecule has 0 bridgehead atoms. The summed E-state index contributed by atoms with van der Waals surface area (Å²) < 4.78 is 7.29. The molecular weight excluding hydrogens is 192 g/mol. The molecule has 0 saturated carbocycles. The Morgan fingerprint density at radius 1 is 1.67 bits per heavy atom. The second kappa shape index (κ2) is 4.77. The number of aliphatic hydroxyl groups is 1. The molecule has 0 aliphatic carbocycles. The van der Waals surface area contributed by atoms with Gasteiger partial charge in [0.05, 0.1) is 11.8 Å². The van der Waals surface area contributed by atoms with E-state index in [0.29, 0.717) is 6.42 Å². The average Bonchev–Trinajstić information content (AvgIpc) is 2.66. The molecule has 0 radical (unpaired) electrons. The molecule has 1 aromatic heterocycles. The summed E-state index contributed by atoms with van der Waals surface area (Å²) in [5.41, 5.74) is 0.742. The topological polar surface area (TPSA) is 47.3 Å². The molecular formula is C11H18N2O2. The van der Waals surface area contributed by atoms with Crippen molar-refractivity contribution in [1.82, 2.24) is 9.78 Å². The number of hydrogen-bond acceptors (Lipinski definition) is 3. The lowest BCUT2D eigenvalue weighted by Gasteiger charge is -2.24. The Kier molecular flexibility index (Phi) is 3.38. The van der Waals surface area contributed by atoms with Gasteiger partial charge in [0.1, 0.15) is 6.10 Å². The van der Waals surface area contributed by atoms with Crippen molar-refractivity contribution < 1.29 is 9.84 Å². The first-order valence-electron chi connectivity index (χ1n) is 5.55.